The zero-order chi connectivity index (χ0) is 17.0. The second-order valence-corrected chi connectivity index (χ2v) is 4.98. The van der Waals surface area contributed by atoms with E-state index in [9.17, 15) is 39.2 Å². The van der Waals surface area contributed by atoms with E-state index in [4.69, 9.17) is 4.55 Å². The Morgan fingerprint density at radius 1 is 1.00 bits per heavy atom. The third-order valence-electron chi connectivity index (χ3n) is 1.45. The van der Waals surface area contributed by atoms with E-state index in [1.165, 1.54) is 6.42 Å². The lowest BCUT2D eigenvalue weighted by Crippen LogP contribution is -2.51. The molecule has 0 heterocycles. The Labute approximate surface area is 125 Å². The van der Waals surface area contributed by atoms with E-state index >= 15 is 0 Å². The maximum absolute atomic E-state index is 12.5. The summed E-state index contributed by atoms with van der Waals surface area (Å²) in [6, 6.07) is 0. The van der Waals surface area contributed by atoms with Crippen molar-refractivity contribution in [2.45, 2.75) is 65.7 Å². The molecule has 4 nitrogen and oxygen atoms in total. The van der Waals surface area contributed by atoms with Gasteiger partial charge in [-0.3, -0.25) is 4.55 Å². The molecule has 0 aromatic carbocycles. The molecule has 1 N–H and O–H groups in total. The van der Waals surface area contributed by atoms with Crippen LogP contribution in [0.4, 0.5) is 30.7 Å². The van der Waals surface area contributed by atoms with Crippen LogP contribution in [0, 0.1) is 0 Å². The van der Waals surface area contributed by atoms with E-state index in [2.05, 4.69) is 18.6 Å². The molecule has 0 aliphatic carbocycles. The Kier molecular flexibility index (Phi) is 12.7. The predicted molar refractivity (Wildman–Crippen MR) is 67.5 cm³/mol. The van der Waals surface area contributed by atoms with Crippen molar-refractivity contribution in [1.29, 1.82) is 0 Å². The molecule has 22 heavy (non-hydrogen) atoms. The summed E-state index contributed by atoms with van der Waals surface area (Å²) in [7, 11) is -6.63. The summed E-state index contributed by atoms with van der Waals surface area (Å²) >= 11 is 0. The molecule has 1 unspecified atom stereocenters. The first-order valence-electron chi connectivity index (χ1n) is 5.01. The molecule has 0 saturated carbocycles. The molecular weight excluding hydrogens is 349 g/mol. The highest BCUT2D eigenvalue weighted by Crippen LogP contribution is 2.41. The van der Waals surface area contributed by atoms with Gasteiger partial charge >= 0.3 is 27.7 Å². The van der Waals surface area contributed by atoms with Gasteiger partial charge in [0.1, 0.15) is 0 Å². The van der Waals surface area contributed by atoms with E-state index in [1.807, 2.05) is 0 Å². The molecule has 0 rings (SSSR count). The summed E-state index contributed by atoms with van der Waals surface area (Å²) < 4.78 is 115. The van der Waals surface area contributed by atoms with Gasteiger partial charge in [-0.25, -0.2) is 0 Å². The Hall–Kier alpha value is -0.620. The summed E-state index contributed by atoms with van der Waals surface area (Å²) in [4.78, 5) is 0. The molecule has 0 bridgehead atoms. The van der Waals surface area contributed by atoms with E-state index in [-0.39, 0.29) is 21.8 Å². The number of rotatable bonds is 4. The highest BCUT2D eigenvalue weighted by molar-refractivity contribution is 7.86. The van der Waals surface area contributed by atoms with Crippen molar-refractivity contribution in [3.05, 3.63) is 0 Å². The summed E-state index contributed by atoms with van der Waals surface area (Å²) in [6.45, 7) is 4.22. The van der Waals surface area contributed by atoms with Crippen LogP contribution in [0.1, 0.15) is 42.0 Å². The number of ether oxygens (including phenoxy) is 1. The van der Waals surface area contributed by atoms with Gasteiger partial charge in [-0.05, 0) is 6.92 Å². The van der Waals surface area contributed by atoms with Crippen molar-refractivity contribution < 1.29 is 48.4 Å². The van der Waals surface area contributed by atoms with Crippen LogP contribution < -0.4 is 0 Å². The minimum Gasteiger partial charge on any atom is -0.302 e. The normalized spacial score (nSPS) is 14.0. The van der Waals surface area contributed by atoms with Crippen LogP contribution in [-0.2, 0) is 14.9 Å². The molecule has 0 radical (unpaired) electrons. The summed E-state index contributed by atoms with van der Waals surface area (Å²) in [5.41, 5.74) is 0. The minimum atomic E-state index is -6.63. The Morgan fingerprint density at radius 2 is 1.27 bits per heavy atom. The van der Waals surface area contributed by atoms with Gasteiger partial charge in [0.25, 0.3) is 0 Å². The lowest BCUT2D eigenvalue weighted by atomic mass is 10.4. The molecule has 0 amide bonds. The monoisotopic (exact) mass is 370 g/mol. The highest BCUT2D eigenvalue weighted by Gasteiger charge is 2.69. The molecule has 1 atom stereocenters. The van der Waals surface area contributed by atoms with Gasteiger partial charge in [0.15, 0.2) is 6.10 Å². The molecule has 0 saturated heterocycles. The second kappa shape index (κ2) is 9.50. The summed E-state index contributed by atoms with van der Waals surface area (Å²) in [6.07, 6.45) is -13.5. The molecular formula is C10H21F7O4S. The third kappa shape index (κ3) is 8.13. The first-order valence-corrected chi connectivity index (χ1v) is 6.45. The number of hydrogen-bond acceptors (Lipinski definition) is 3. The van der Waals surface area contributed by atoms with Crippen molar-refractivity contribution in [1.82, 2.24) is 0 Å². The van der Waals surface area contributed by atoms with E-state index < -0.39 is 33.8 Å². The molecule has 0 fully saturated rings. The van der Waals surface area contributed by atoms with Crippen LogP contribution in [-0.4, -0.2) is 36.6 Å². The van der Waals surface area contributed by atoms with Gasteiger partial charge in [-0.15, -0.1) is 0 Å². The Balaban J connectivity index is -0.000000297. The molecule has 140 valence electrons. The molecule has 0 aliphatic rings. The van der Waals surface area contributed by atoms with Crippen molar-refractivity contribution in [2.75, 3.05) is 0 Å². The fourth-order valence-electron chi connectivity index (χ4n) is 0.508. The van der Waals surface area contributed by atoms with Gasteiger partial charge in [-0.1, -0.05) is 35.1 Å². The van der Waals surface area contributed by atoms with Gasteiger partial charge in [0.2, 0.25) is 0 Å². The quantitative estimate of drug-likeness (QED) is 0.575. The molecule has 0 spiro atoms. The fraction of sp³-hybridized carbons (Fsp3) is 1.00. The van der Waals surface area contributed by atoms with E-state index in [0.29, 0.717) is 0 Å². The van der Waals surface area contributed by atoms with E-state index in [1.54, 1.807) is 0 Å². The minimum absolute atomic E-state index is 0. The molecule has 0 aromatic heterocycles. The average molecular weight is 370 g/mol. The first-order chi connectivity index (χ1) is 8.54. The standard InChI is InChI=1S/C5H5F7O4S.C3H8.2CH4/c1-2(3(6,7)8)16-4(9,10)5(11,12)17(13,14)15;1-3-2;;/h2H,1H3,(H,13,14,15);3H2,1-2H3;2*1H4. The average Bonchev–Trinajstić information content (AvgIpc) is 2.14. The molecule has 0 aliphatic heterocycles. The van der Waals surface area contributed by atoms with Crippen LogP contribution in [0.25, 0.3) is 0 Å². The van der Waals surface area contributed by atoms with Crippen LogP contribution >= 0.6 is 0 Å². The van der Waals surface area contributed by atoms with Crippen molar-refractivity contribution in [3.8, 4) is 0 Å². The SMILES string of the molecule is C.C.CC(OC(F)(F)C(F)(F)S(=O)(=O)O)C(F)(F)F.CCC. The van der Waals surface area contributed by atoms with Gasteiger partial charge in [0.05, 0.1) is 0 Å². The highest BCUT2D eigenvalue weighted by atomic mass is 32.2. The Bertz CT molecular complexity index is 393. The number of alkyl halides is 7. The van der Waals surface area contributed by atoms with Gasteiger partial charge < -0.3 is 4.74 Å². The number of halogens is 7. The van der Waals surface area contributed by atoms with Gasteiger partial charge in [-0.2, -0.15) is 39.2 Å². The second-order valence-electron chi connectivity index (χ2n) is 3.52. The predicted octanol–water partition coefficient (Wildman–Crippen LogP) is 4.72. The maximum atomic E-state index is 12.5. The van der Waals surface area contributed by atoms with Crippen LogP contribution in [0.3, 0.4) is 0 Å². The molecule has 12 heteroatoms. The largest absolute Gasteiger partial charge is 0.459 e. The number of hydrogen-bond donors (Lipinski definition) is 1. The van der Waals surface area contributed by atoms with Crippen LogP contribution in [0.2, 0.25) is 0 Å². The van der Waals surface area contributed by atoms with E-state index in [0.717, 1.165) is 0 Å². The zero-order valence-corrected chi connectivity index (χ0v) is 11.3. The maximum Gasteiger partial charge on any atom is 0.459 e. The lowest BCUT2D eigenvalue weighted by Gasteiger charge is -2.27. The van der Waals surface area contributed by atoms with Crippen molar-refractivity contribution in [2.24, 2.45) is 0 Å². The lowest BCUT2D eigenvalue weighted by molar-refractivity contribution is -0.367. The van der Waals surface area contributed by atoms with Crippen LogP contribution in [0.5, 0.6) is 0 Å². The summed E-state index contributed by atoms with van der Waals surface area (Å²) in [5, 5.41) is -6.19. The zero-order valence-electron chi connectivity index (χ0n) is 10.5. The summed E-state index contributed by atoms with van der Waals surface area (Å²) in [5.74, 6) is 0. The van der Waals surface area contributed by atoms with Crippen molar-refractivity contribution in [3.63, 3.8) is 0 Å². The fourth-order valence-corrected chi connectivity index (χ4v) is 0.856. The molecule has 0 aromatic rings. The third-order valence-corrected chi connectivity index (χ3v) is 2.33. The van der Waals surface area contributed by atoms with Crippen LogP contribution in [0.15, 0.2) is 0 Å². The smallest absolute Gasteiger partial charge is 0.302 e. The Morgan fingerprint density at radius 3 is 1.45 bits per heavy atom. The topological polar surface area (TPSA) is 63.6 Å². The van der Waals surface area contributed by atoms with Crippen molar-refractivity contribution >= 4 is 10.1 Å². The first kappa shape index (κ1) is 29.4. The van der Waals surface area contributed by atoms with Gasteiger partial charge in [0, 0.05) is 0 Å².